The third kappa shape index (κ3) is 7.55. The first kappa shape index (κ1) is 32.9. The van der Waals surface area contributed by atoms with Gasteiger partial charge in [0, 0.05) is 11.4 Å². The first-order valence-electron chi connectivity index (χ1n) is 14.8. The number of amides is 2. The topological polar surface area (TPSA) is 139 Å². The highest BCUT2D eigenvalue weighted by Crippen LogP contribution is 2.33. The summed E-state index contributed by atoms with van der Waals surface area (Å²) in [5.41, 5.74) is 1.23. The Morgan fingerprint density at radius 1 is 1.11 bits per heavy atom. The van der Waals surface area contributed by atoms with Crippen LogP contribution in [0.5, 0.6) is 0 Å². The summed E-state index contributed by atoms with van der Waals surface area (Å²) in [6.07, 6.45) is 1.32. The van der Waals surface area contributed by atoms with Crippen LogP contribution in [-0.2, 0) is 16.7 Å². The molecule has 1 aromatic carbocycles. The maximum Gasteiger partial charge on any atom is 0.415 e. The Kier molecular flexibility index (Phi) is 9.71. The summed E-state index contributed by atoms with van der Waals surface area (Å²) >= 11 is 0. The highest BCUT2D eigenvalue weighted by Gasteiger charge is 2.30. The Bertz CT molecular complexity index is 1700. The summed E-state index contributed by atoms with van der Waals surface area (Å²) in [7, 11) is 2.03. The number of carbonyl (C=O) groups is 2. The van der Waals surface area contributed by atoms with Crippen molar-refractivity contribution in [1.29, 1.82) is 10.5 Å². The zero-order valence-corrected chi connectivity index (χ0v) is 26.7. The zero-order valence-electron chi connectivity index (χ0n) is 26.7. The van der Waals surface area contributed by atoms with Crippen molar-refractivity contribution < 1.29 is 19.4 Å². The predicted octanol–water partition coefficient (Wildman–Crippen LogP) is 5.73. The van der Waals surface area contributed by atoms with E-state index in [0.717, 1.165) is 25.9 Å². The monoisotopic (exact) mass is 609 g/mol. The van der Waals surface area contributed by atoms with Crippen LogP contribution in [0, 0.1) is 34.5 Å². The first-order chi connectivity index (χ1) is 21.3. The number of carbonyl (C=O) groups excluding carboxylic acids is 1. The van der Waals surface area contributed by atoms with E-state index in [2.05, 4.69) is 33.9 Å². The van der Waals surface area contributed by atoms with E-state index in [1.54, 1.807) is 69.5 Å². The second kappa shape index (κ2) is 13.3. The van der Waals surface area contributed by atoms with Crippen molar-refractivity contribution in [2.24, 2.45) is 0 Å². The van der Waals surface area contributed by atoms with E-state index in [4.69, 9.17) is 4.74 Å². The summed E-state index contributed by atoms with van der Waals surface area (Å²) in [6, 6.07) is 14.9. The zero-order chi connectivity index (χ0) is 32.9. The second-order valence-electron chi connectivity index (χ2n) is 12.7. The lowest BCUT2D eigenvalue weighted by Crippen LogP contribution is -2.46. The van der Waals surface area contributed by atoms with Crippen LogP contribution in [-0.4, -0.2) is 70.1 Å². The Hall–Kier alpha value is -5.05. The number of nitriles is 2. The average molecular weight is 610 g/mol. The van der Waals surface area contributed by atoms with Crippen molar-refractivity contribution in [1.82, 2.24) is 14.5 Å². The van der Waals surface area contributed by atoms with Gasteiger partial charge in [0.2, 0.25) is 0 Å². The van der Waals surface area contributed by atoms with Crippen molar-refractivity contribution in [2.45, 2.75) is 71.1 Å². The molecule has 0 spiro atoms. The van der Waals surface area contributed by atoms with E-state index in [1.165, 1.54) is 16.0 Å². The number of piperidine rings is 1. The van der Waals surface area contributed by atoms with Gasteiger partial charge in [-0.15, -0.1) is 0 Å². The molecule has 1 N–H and O–H groups in total. The Morgan fingerprint density at radius 3 is 2.40 bits per heavy atom. The maximum absolute atomic E-state index is 13.2. The lowest BCUT2D eigenvalue weighted by Gasteiger charge is -2.36. The molecule has 1 aliphatic rings. The van der Waals surface area contributed by atoms with Gasteiger partial charge in [0.1, 0.15) is 12.1 Å². The van der Waals surface area contributed by atoms with E-state index in [-0.39, 0.29) is 19.1 Å². The molecule has 4 rings (SSSR count). The molecule has 1 fully saturated rings. The number of hydrogen-bond acceptors (Lipinski definition) is 7. The van der Waals surface area contributed by atoms with Gasteiger partial charge in [-0.3, -0.25) is 14.8 Å². The third-order valence-corrected chi connectivity index (χ3v) is 7.72. The molecule has 2 aromatic heterocycles. The summed E-state index contributed by atoms with van der Waals surface area (Å²) in [6.45, 7) is 10.4. The molecule has 11 nitrogen and oxygen atoms in total. The van der Waals surface area contributed by atoms with E-state index >= 15 is 0 Å². The van der Waals surface area contributed by atoms with Gasteiger partial charge >= 0.3 is 12.2 Å². The number of anilines is 2. The number of aromatic nitrogens is 2. The quantitative estimate of drug-likeness (QED) is 0.350. The third-order valence-electron chi connectivity index (χ3n) is 7.72. The van der Waals surface area contributed by atoms with E-state index < -0.39 is 23.2 Å². The van der Waals surface area contributed by atoms with Gasteiger partial charge in [0.25, 0.3) is 0 Å². The average Bonchev–Trinajstić information content (AvgIpc) is 3.33. The molecule has 11 heteroatoms. The van der Waals surface area contributed by atoms with E-state index in [0.29, 0.717) is 33.7 Å². The highest BCUT2D eigenvalue weighted by molar-refractivity contribution is 6.01. The van der Waals surface area contributed by atoms with E-state index in [9.17, 15) is 25.2 Å². The molecule has 234 valence electrons. The minimum absolute atomic E-state index is 0.00804. The number of pyridine rings is 1. The van der Waals surface area contributed by atoms with Gasteiger partial charge in [-0.2, -0.15) is 10.5 Å². The van der Waals surface area contributed by atoms with Crippen LogP contribution in [0.3, 0.4) is 0 Å². The maximum atomic E-state index is 13.2. The lowest BCUT2D eigenvalue weighted by atomic mass is 9.91. The number of fused-ring (bicyclic) bond motifs is 1. The molecular weight excluding hydrogens is 570 g/mol. The van der Waals surface area contributed by atoms with Crippen LogP contribution in [0.2, 0.25) is 0 Å². The first-order valence-corrected chi connectivity index (χ1v) is 14.8. The summed E-state index contributed by atoms with van der Waals surface area (Å²) in [4.78, 5) is 35.2. The molecule has 45 heavy (non-hydrogen) atoms. The van der Waals surface area contributed by atoms with Crippen molar-refractivity contribution in [3.8, 4) is 24.0 Å². The Morgan fingerprint density at radius 2 is 1.82 bits per heavy atom. The lowest BCUT2D eigenvalue weighted by molar-refractivity contribution is 0.0585. The molecule has 0 unspecified atom stereocenters. The fourth-order valence-electron chi connectivity index (χ4n) is 5.29. The molecule has 3 heterocycles. The molecule has 1 aliphatic heterocycles. The van der Waals surface area contributed by atoms with Crippen molar-refractivity contribution >= 4 is 34.5 Å². The number of carboxylic acid groups (broad SMARTS) is 1. The molecule has 0 atom stereocenters. The minimum atomic E-state index is -1.02. The van der Waals surface area contributed by atoms with Gasteiger partial charge in [-0.1, -0.05) is 12.0 Å². The summed E-state index contributed by atoms with van der Waals surface area (Å²) in [5, 5.41) is 30.1. The fraction of sp³-hybridized carbons (Fsp3) is 0.441. The van der Waals surface area contributed by atoms with Crippen molar-refractivity contribution in [3.63, 3.8) is 0 Å². The molecule has 1 saturated heterocycles. The Balaban J connectivity index is 1.72. The van der Waals surface area contributed by atoms with Gasteiger partial charge < -0.3 is 19.3 Å². The van der Waals surface area contributed by atoms with Gasteiger partial charge in [0.15, 0.2) is 0 Å². The smallest absolute Gasteiger partial charge is 0.415 e. The number of benzene rings is 1. The van der Waals surface area contributed by atoms with E-state index in [1.807, 2.05) is 13.1 Å². The second-order valence-corrected chi connectivity index (χ2v) is 12.7. The van der Waals surface area contributed by atoms with Crippen LogP contribution in [0.25, 0.3) is 10.9 Å². The van der Waals surface area contributed by atoms with Crippen molar-refractivity contribution in [2.75, 3.05) is 36.5 Å². The number of nitrogens with zero attached hydrogens (tertiary/aromatic N) is 7. The SMILES string of the molecule is CN1CCC(N(C(=O)O)c2cccc3c2cc(C#CCN(C(=O)OC(C)(C)C)c2ccc(C(C)(C)C#N)nc2)n3CC#N)CC1. The summed E-state index contributed by atoms with van der Waals surface area (Å²) in [5.74, 6) is 6.16. The molecule has 0 bridgehead atoms. The largest absolute Gasteiger partial charge is 0.465 e. The van der Waals surface area contributed by atoms with Crippen molar-refractivity contribution in [3.05, 3.63) is 54.0 Å². The minimum Gasteiger partial charge on any atom is -0.465 e. The standard InChI is InChI=1S/C34H39N7O4/c1-33(2,3)45-32(44)40(26-12-13-30(37-22-26)34(4,5)23-36)17-8-9-25-21-27-28(39(25)20-16-35)10-7-11-29(27)41(31(42)43)24-14-18-38(6)19-15-24/h7,10-13,21-22,24H,14-15,17-20H2,1-6H3,(H,42,43). The predicted molar refractivity (Wildman–Crippen MR) is 172 cm³/mol. The van der Waals surface area contributed by atoms with Gasteiger partial charge in [-0.25, -0.2) is 9.59 Å². The van der Waals surface area contributed by atoms with Crippen LogP contribution >= 0.6 is 0 Å². The fourth-order valence-corrected chi connectivity index (χ4v) is 5.29. The molecule has 0 aliphatic carbocycles. The molecular formula is C34H39N7O4. The number of rotatable bonds is 6. The van der Waals surface area contributed by atoms with Gasteiger partial charge in [0.05, 0.1) is 58.6 Å². The number of ether oxygens (including phenoxy) is 1. The van der Waals surface area contributed by atoms with Gasteiger partial charge in [-0.05, 0) is 104 Å². The number of hydrogen-bond donors (Lipinski definition) is 1. The summed E-state index contributed by atoms with van der Waals surface area (Å²) < 4.78 is 7.39. The molecule has 3 aromatic rings. The van der Waals surface area contributed by atoms with Crippen LogP contribution in [0.4, 0.5) is 21.0 Å². The van der Waals surface area contributed by atoms with Crippen LogP contribution < -0.4 is 9.80 Å². The number of likely N-dealkylation sites (tertiary alicyclic amines) is 1. The normalized spacial score (nSPS) is 14.1. The molecule has 0 radical (unpaired) electrons. The Labute approximate surface area is 264 Å². The molecule has 2 amide bonds. The van der Waals surface area contributed by atoms with Crippen LogP contribution in [0.15, 0.2) is 42.6 Å². The molecule has 0 saturated carbocycles. The van der Waals surface area contributed by atoms with Crippen LogP contribution in [0.1, 0.15) is 58.8 Å². The highest BCUT2D eigenvalue weighted by atomic mass is 16.6.